The van der Waals surface area contributed by atoms with Crippen molar-refractivity contribution in [3.05, 3.63) is 29.5 Å². The number of hydrogen-bond acceptors (Lipinski definition) is 7. The average molecular weight is 329 g/mol. The number of rotatable bonds is 1. The van der Waals surface area contributed by atoms with Crippen LogP contribution in [0.5, 0.6) is 11.5 Å². The van der Waals surface area contributed by atoms with Crippen LogP contribution in [0.1, 0.15) is 5.56 Å². The highest BCUT2D eigenvalue weighted by molar-refractivity contribution is 7.99. The summed E-state index contributed by atoms with van der Waals surface area (Å²) in [4.78, 5) is 32.3. The number of hydrogen-bond donors (Lipinski definition) is 0. The van der Waals surface area contributed by atoms with Crippen LogP contribution in [0.15, 0.2) is 28.9 Å². The van der Waals surface area contributed by atoms with Gasteiger partial charge in [-0.15, -0.1) is 11.8 Å². The van der Waals surface area contributed by atoms with Crippen molar-refractivity contribution in [1.82, 2.24) is 9.80 Å². The van der Waals surface area contributed by atoms with Gasteiger partial charge in [-0.2, -0.15) is 0 Å². The molecule has 0 unspecified atom stereocenters. The molecule has 2 saturated heterocycles. The molecule has 4 heterocycles. The fourth-order valence-corrected chi connectivity index (χ4v) is 4.19. The number of imide groups is 1. The molecule has 5 rings (SSSR count). The molecule has 1 atom stereocenters. The van der Waals surface area contributed by atoms with Gasteiger partial charge in [-0.1, -0.05) is 6.07 Å². The van der Waals surface area contributed by atoms with Gasteiger partial charge in [0.25, 0.3) is 11.8 Å². The first kappa shape index (κ1) is 13.0. The van der Waals surface area contributed by atoms with E-state index in [-0.39, 0.29) is 30.3 Å². The van der Waals surface area contributed by atoms with Crippen LogP contribution < -0.4 is 9.47 Å². The van der Waals surface area contributed by atoms with Crippen molar-refractivity contribution in [2.45, 2.75) is 6.04 Å². The van der Waals surface area contributed by atoms with Gasteiger partial charge in [0.05, 0.1) is 5.88 Å². The number of carbonyl (C=O) groups is 2. The lowest BCUT2D eigenvalue weighted by Crippen LogP contribution is -2.35. The second-order valence-corrected chi connectivity index (χ2v) is 6.52. The van der Waals surface area contributed by atoms with Gasteiger partial charge in [-0.3, -0.25) is 9.59 Å². The fourth-order valence-electron chi connectivity index (χ4n) is 3.05. The van der Waals surface area contributed by atoms with Crippen LogP contribution >= 0.6 is 11.8 Å². The zero-order chi connectivity index (χ0) is 15.6. The number of benzene rings is 1. The van der Waals surface area contributed by atoms with Crippen molar-refractivity contribution in [3.8, 4) is 11.5 Å². The van der Waals surface area contributed by atoms with E-state index in [9.17, 15) is 9.59 Å². The van der Waals surface area contributed by atoms with E-state index in [1.54, 1.807) is 30.0 Å². The second kappa shape index (κ2) is 4.51. The highest BCUT2D eigenvalue weighted by Crippen LogP contribution is 2.36. The minimum absolute atomic E-state index is 0.173. The summed E-state index contributed by atoms with van der Waals surface area (Å²) in [6.07, 6.45) is 1.67. The molecule has 2 fully saturated rings. The maximum absolute atomic E-state index is 12.5. The first-order valence-corrected chi connectivity index (χ1v) is 8.30. The SMILES string of the molecule is O=C1/C(=C\c2ccc3c(c2)OCO3)N=C2N1C(=O)[C@@H]1CSCN21. The average Bonchev–Trinajstić information content (AvgIpc) is 3.27. The molecular formula is C15H11N3O4S. The molecule has 2 amide bonds. The van der Waals surface area contributed by atoms with E-state index in [2.05, 4.69) is 4.99 Å². The number of guanidine groups is 1. The van der Waals surface area contributed by atoms with Crippen molar-refractivity contribution in [1.29, 1.82) is 0 Å². The zero-order valence-electron chi connectivity index (χ0n) is 11.9. The van der Waals surface area contributed by atoms with Crippen molar-refractivity contribution in [3.63, 3.8) is 0 Å². The molecule has 1 aromatic rings. The van der Waals surface area contributed by atoms with E-state index in [1.165, 1.54) is 4.90 Å². The van der Waals surface area contributed by atoms with Crippen molar-refractivity contribution >= 4 is 35.6 Å². The number of amides is 2. The van der Waals surface area contributed by atoms with Crippen LogP contribution in [0, 0.1) is 0 Å². The molecule has 4 aliphatic rings. The third-order valence-electron chi connectivity index (χ3n) is 4.19. The van der Waals surface area contributed by atoms with Crippen LogP contribution in [0.3, 0.4) is 0 Å². The Hall–Kier alpha value is -2.48. The Morgan fingerprint density at radius 1 is 1.26 bits per heavy atom. The standard InChI is InChI=1S/C15H11N3O4S/c19-13-9(3-8-1-2-11-12(4-8)22-7-21-11)16-15-17-6-23-5-10(17)14(20)18(13)15/h1-4,10H,5-7H2/b9-3+/t10-/m0/s1. The molecule has 0 saturated carbocycles. The first-order chi connectivity index (χ1) is 11.2. The molecule has 4 aliphatic heterocycles. The topological polar surface area (TPSA) is 71.4 Å². The number of ether oxygens (including phenoxy) is 2. The van der Waals surface area contributed by atoms with Crippen molar-refractivity contribution in [2.24, 2.45) is 4.99 Å². The molecule has 7 nitrogen and oxygen atoms in total. The van der Waals surface area contributed by atoms with Crippen molar-refractivity contribution in [2.75, 3.05) is 18.4 Å². The molecule has 116 valence electrons. The lowest BCUT2D eigenvalue weighted by molar-refractivity contribution is -0.136. The monoisotopic (exact) mass is 329 g/mol. The van der Waals surface area contributed by atoms with E-state index in [0.29, 0.717) is 29.1 Å². The van der Waals surface area contributed by atoms with Crippen LogP contribution in [-0.2, 0) is 9.59 Å². The van der Waals surface area contributed by atoms with Crippen LogP contribution in [0.4, 0.5) is 0 Å². The lowest BCUT2D eigenvalue weighted by Gasteiger charge is -2.11. The van der Waals surface area contributed by atoms with Gasteiger partial charge in [0, 0.05) is 5.75 Å². The van der Waals surface area contributed by atoms with Gasteiger partial charge in [0.2, 0.25) is 12.8 Å². The largest absolute Gasteiger partial charge is 0.454 e. The molecule has 0 aromatic heterocycles. The lowest BCUT2D eigenvalue weighted by atomic mass is 10.1. The molecule has 0 bridgehead atoms. The van der Waals surface area contributed by atoms with Gasteiger partial charge in [0.1, 0.15) is 11.7 Å². The summed E-state index contributed by atoms with van der Waals surface area (Å²) >= 11 is 1.68. The first-order valence-electron chi connectivity index (χ1n) is 7.15. The van der Waals surface area contributed by atoms with E-state index >= 15 is 0 Å². The zero-order valence-corrected chi connectivity index (χ0v) is 12.7. The number of fused-ring (bicyclic) bond motifs is 4. The molecule has 8 heteroatoms. The Balaban J connectivity index is 1.52. The predicted molar refractivity (Wildman–Crippen MR) is 82.8 cm³/mol. The van der Waals surface area contributed by atoms with E-state index < -0.39 is 0 Å². The number of thioether (sulfide) groups is 1. The molecule has 0 spiro atoms. The van der Waals surface area contributed by atoms with Gasteiger partial charge < -0.3 is 14.4 Å². The second-order valence-electron chi connectivity index (χ2n) is 5.52. The van der Waals surface area contributed by atoms with Gasteiger partial charge in [-0.05, 0) is 23.8 Å². The summed E-state index contributed by atoms with van der Waals surface area (Å²) in [6, 6.07) is 5.17. The Morgan fingerprint density at radius 3 is 3.04 bits per heavy atom. The summed E-state index contributed by atoms with van der Waals surface area (Å²) in [5.74, 6) is 2.66. The number of nitrogens with zero attached hydrogens (tertiary/aromatic N) is 3. The van der Waals surface area contributed by atoms with Gasteiger partial charge >= 0.3 is 0 Å². The summed E-state index contributed by atoms with van der Waals surface area (Å²) in [5, 5.41) is 0. The maximum Gasteiger partial charge on any atom is 0.286 e. The maximum atomic E-state index is 12.5. The predicted octanol–water partition coefficient (Wildman–Crippen LogP) is 0.869. The van der Waals surface area contributed by atoms with Crippen LogP contribution in [0.2, 0.25) is 0 Å². The summed E-state index contributed by atoms with van der Waals surface area (Å²) in [7, 11) is 0. The molecule has 0 aliphatic carbocycles. The third-order valence-corrected chi connectivity index (χ3v) is 5.20. The Bertz CT molecular complexity index is 819. The normalized spacial score (nSPS) is 26.2. The Labute approximate surface area is 135 Å². The van der Waals surface area contributed by atoms with Crippen LogP contribution in [-0.4, -0.2) is 52.0 Å². The number of aliphatic imine (C=N–C) groups is 1. The molecule has 0 radical (unpaired) electrons. The van der Waals surface area contributed by atoms with E-state index in [1.807, 2.05) is 11.0 Å². The fraction of sp³-hybridized carbons (Fsp3) is 0.267. The van der Waals surface area contributed by atoms with Crippen LogP contribution in [0.25, 0.3) is 6.08 Å². The number of carbonyl (C=O) groups excluding carboxylic acids is 2. The molecule has 0 N–H and O–H groups in total. The summed E-state index contributed by atoms with van der Waals surface area (Å²) in [6.45, 7) is 0.201. The minimum atomic E-state index is -0.359. The molecular weight excluding hydrogens is 318 g/mol. The van der Waals surface area contributed by atoms with Gasteiger partial charge in [-0.25, -0.2) is 9.89 Å². The molecule has 23 heavy (non-hydrogen) atoms. The van der Waals surface area contributed by atoms with E-state index in [4.69, 9.17) is 9.47 Å². The highest BCUT2D eigenvalue weighted by atomic mass is 32.2. The summed E-state index contributed by atoms with van der Waals surface area (Å²) < 4.78 is 10.6. The van der Waals surface area contributed by atoms with Crippen molar-refractivity contribution < 1.29 is 19.1 Å². The van der Waals surface area contributed by atoms with E-state index in [0.717, 1.165) is 5.56 Å². The Kier molecular flexibility index (Phi) is 2.55. The smallest absolute Gasteiger partial charge is 0.286 e. The summed E-state index contributed by atoms with van der Waals surface area (Å²) in [5.41, 5.74) is 1.05. The molecule has 1 aromatic carbocycles. The Morgan fingerprint density at radius 2 is 2.13 bits per heavy atom. The van der Waals surface area contributed by atoms with Gasteiger partial charge in [0.15, 0.2) is 11.5 Å². The highest BCUT2D eigenvalue weighted by Gasteiger charge is 2.52. The third kappa shape index (κ3) is 1.75. The quantitative estimate of drug-likeness (QED) is 0.562. The minimum Gasteiger partial charge on any atom is -0.454 e.